The Balaban J connectivity index is 2.04. The number of aromatic nitrogens is 2. The van der Waals surface area contributed by atoms with Gasteiger partial charge in [-0.3, -0.25) is 0 Å². The van der Waals surface area contributed by atoms with Crippen molar-refractivity contribution in [3.63, 3.8) is 0 Å². The van der Waals surface area contributed by atoms with Gasteiger partial charge in [0.1, 0.15) is 0 Å². The zero-order valence-electron chi connectivity index (χ0n) is 9.65. The van der Waals surface area contributed by atoms with Crippen LogP contribution in [0.5, 0.6) is 0 Å². The van der Waals surface area contributed by atoms with Crippen molar-refractivity contribution in [2.75, 3.05) is 0 Å². The first-order chi connectivity index (χ1) is 7.36. The van der Waals surface area contributed by atoms with Gasteiger partial charge < -0.3 is 9.67 Å². The molecule has 0 atom stereocenters. The Kier molecular flexibility index (Phi) is 6.09. The Morgan fingerprint density at radius 1 is 1.20 bits per heavy atom. The number of rotatable bonds is 8. The summed E-state index contributed by atoms with van der Waals surface area (Å²) in [5.74, 6) is 0. The fourth-order valence-corrected chi connectivity index (χ4v) is 1.69. The predicted molar refractivity (Wildman–Crippen MR) is 61.5 cm³/mol. The second-order valence-electron chi connectivity index (χ2n) is 4.03. The molecule has 1 aromatic rings. The van der Waals surface area contributed by atoms with Crippen LogP contribution in [-0.4, -0.2) is 14.7 Å². The quantitative estimate of drug-likeness (QED) is 0.670. The molecule has 0 aliphatic heterocycles. The summed E-state index contributed by atoms with van der Waals surface area (Å²) in [6, 6.07) is 0. The molecular weight excluding hydrogens is 188 g/mol. The van der Waals surface area contributed by atoms with Gasteiger partial charge in [-0.05, 0) is 6.42 Å². The molecule has 0 aromatic carbocycles. The average molecular weight is 210 g/mol. The molecule has 0 amide bonds. The zero-order valence-corrected chi connectivity index (χ0v) is 9.65. The third-order valence-corrected chi connectivity index (χ3v) is 2.62. The zero-order chi connectivity index (χ0) is 10.9. The van der Waals surface area contributed by atoms with Gasteiger partial charge in [-0.15, -0.1) is 0 Å². The number of aryl methyl sites for hydroxylation is 1. The van der Waals surface area contributed by atoms with Crippen molar-refractivity contribution in [2.24, 2.45) is 0 Å². The molecule has 0 aliphatic carbocycles. The minimum Gasteiger partial charge on any atom is -0.390 e. The van der Waals surface area contributed by atoms with E-state index in [9.17, 15) is 0 Å². The first-order valence-electron chi connectivity index (χ1n) is 5.98. The molecule has 0 aliphatic rings. The second kappa shape index (κ2) is 7.46. The van der Waals surface area contributed by atoms with E-state index < -0.39 is 0 Å². The summed E-state index contributed by atoms with van der Waals surface area (Å²) in [6.07, 6.45) is 11.6. The predicted octanol–water partition coefficient (Wildman–Crippen LogP) is 2.74. The molecule has 1 aromatic heterocycles. The lowest BCUT2D eigenvalue weighted by molar-refractivity contribution is 0.277. The summed E-state index contributed by atoms with van der Waals surface area (Å²) >= 11 is 0. The molecule has 3 heteroatoms. The van der Waals surface area contributed by atoms with Crippen molar-refractivity contribution in [2.45, 2.75) is 58.6 Å². The van der Waals surface area contributed by atoms with E-state index in [1.54, 1.807) is 6.33 Å². The van der Waals surface area contributed by atoms with Crippen molar-refractivity contribution in [3.8, 4) is 0 Å². The van der Waals surface area contributed by atoms with Gasteiger partial charge >= 0.3 is 0 Å². The maximum absolute atomic E-state index is 8.84. The maximum atomic E-state index is 8.84. The lowest BCUT2D eigenvalue weighted by Crippen LogP contribution is -1.94. The molecule has 0 fully saturated rings. The maximum Gasteiger partial charge on any atom is 0.0950 e. The van der Waals surface area contributed by atoms with Gasteiger partial charge in [-0.2, -0.15) is 0 Å². The highest BCUT2D eigenvalue weighted by atomic mass is 16.3. The number of unbranched alkanes of at least 4 members (excludes halogenated alkanes) is 5. The Bertz CT molecular complexity index is 258. The van der Waals surface area contributed by atoms with Crippen molar-refractivity contribution >= 4 is 0 Å². The van der Waals surface area contributed by atoms with Crippen LogP contribution in [0.1, 0.15) is 51.1 Å². The second-order valence-corrected chi connectivity index (χ2v) is 4.03. The van der Waals surface area contributed by atoms with Crippen LogP contribution in [0.25, 0.3) is 0 Å². The molecule has 1 rings (SSSR count). The highest BCUT2D eigenvalue weighted by Gasteiger charge is 1.96. The monoisotopic (exact) mass is 210 g/mol. The fraction of sp³-hybridized carbons (Fsp3) is 0.750. The van der Waals surface area contributed by atoms with Crippen molar-refractivity contribution < 1.29 is 5.11 Å². The number of aliphatic hydroxyl groups is 1. The van der Waals surface area contributed by atoms with Crippen molar-refractivity contribution in [3.05, 3.63) is 18.2 Å². The molecule has 86 valence electrons. The van der Waals surface area contributed by atoms with Gasteiger partial charge in [0.05, 0.1) is 18.6 Å². The van der Waals surface area contributed by atoms with Crippen LogP contribution < -0.4 is 0 Å². The lowest BCUT2D eigenvalue weighted by atomic mass is 10.1. The van der Waals surface area contributed by atoms with Gasteiger partial charge in [0.2, 0.25) is 0 Å². The molecule has 0 saturated heterocycles. The van der Waals surface area contributed by atoms with E-state index in [1.165, 1.54) is 38.5 Å². The first-order valence-corrected chi connectivity index (χ1v) is 5.98. The topological polar surface area (TPSA) is 38.0 Å². The summed E-state index contributed by atoms with van der Waals surface area (Å²) in [5.41, 5.74) is 0.765. The van der Waals surface area contributed by atoms with Crippen LogP contribution in [0.3, 0.4) is 0 Å². The number of imidazole rings is 1. The van der Waals surface area contributed by atoms with Crippen LogP contribution in [0.2, 0.25) is 0 Å². The highest BCUT2D eigenvalue weighted by Crippen LogP contribution is 2.06. The average Bonchev–Trinajstić information content (AvgIpc) is 2.71. The fourth-order valence-electron chi connectivity index (χ4n) is 1.69. The van der Waals surface area contributed by atoms with E-state index in [1.807, 2.05) is 6.20 Å². The van der Waals surface area contributed by atoms with Crippen molar-refractivity contribution in [1.29, 1.82) is 0 Å². The molecule has 0 saturated carbocycles. The van der Waals surface area contributed by atoms with E-state index in [0.717, 1.165) is 12.2 Å². The molecule has 3 nitrogen and oxygen atoms in total. The first kappa shape index (κ1) is 12.2. The van der Waals surface area contributed by atoms with Gasteiger partial charge in [0.25, 0.3) is 0 Å². The molecule has 0 radical (unpaired) electrons. The summed E-state index contributed by atoms with van der Waals surface area (Å²) in [7, 11) is 0. The summed E-state index contributed by atoms with van der Waals surface area (Å²) < 4.78 is 2.06. The Morgan fingerprint density at radius 3 is 2.60 bits per heavy atom. The molecule has 1 heterocycles. The Labute approximate surface area is 92.1 Å². The molecule has 0 bridgehead atoms. The lowest BCUT2D eigenvalue weighted by Gasteiger charge is -2.01. The number of hydrogen-bond acceptors (Lipinski definition) is 2. The van der Waals surface area contributed by atoms with Gasteiger partial charge in [0.15, 0.2) is 0 Å². The molecule has 0 unspecified atom stereocenters. The highest BCUT2D eigenvalue weighted by molar-refractivity contribution is 4.93. The van der Waals surface area contributed by atoms with Crippen LogP contribution in [0.15, 0.2) is 12.5 Å². The molecule has 15 heavy (non-hydrogen) atoms. The van der Waals surface area contributed by atoms with Crippen LogP contribution in [0.4, 0.5) is 0 Å². The SMILES string of the molecule is CCCCCCCCn1cnc(CO)c1. The Morgan fingerprint density at radius 2 is 1.93 bits per heavy atom. The minimum atomic E-state index is 0.0451. The molecular formula is C12H22N2O. The van der Waals surface area contributed by atoms with Gasteiger partial charge in [-0.1, -0.05) is 39.0 Å². The van der Waals surface area contributed by atoms with Crippen LogP contribution in [-0.2, 0) is 13.2 Å². The molecule has 0 spiro atoms. The van der Waals surface area contributed by atoms with E-state index in [4.69, 9.17) is 5.11 Å². The number of hydrogen-bond donors (Lipinski definition) is 1. The largest absolute Gasteiger partial charge is 0.390 e. The van der Waals surface area contributed by atoms with Crippen LogP contribution >= 0.6 is 0 Å². The van der Waals surface area contributed by atoms with Crippen molar-refractivity contribution in [1.82, 2.24) is 9.55 Å². The number of aliphatic hydroxyl groups excluding tert-OH is 1. The normalized spacial score (nSPS) is 10.8. The third-order valence-electron chi connectivity index (χ3n) is 2.62. The van der Waals surface area contributed by atoms with E-state index in [2.05, 4.69) is 16.5 Å². The molecule has 1 N–H and O–H groups in total. The summed E-state index contributed by atoms with van der Waals surface area (Å²) in [4.78, 5) is 4.08. The minimum absolute atomic E-state index is 0.0451. The smallest absolute Gasteiger partial charge is 0.0950 e. The van der Waals surface area contributed by atoms with E-state index >= 15 is 0 Å². The standard InChI is InChI=1S/C12H22N2O/c1-2-3-4-5-6-7-8-14-9-12(10-15)13-11-14/h9,11,15H,2-8,10H2,1H3. The third kappa shape index (κ3) is 4.98. The summed E-state index contributed by atoms with van der Waals surface area (Å²) in [5, 5.41) is 8.84. The van der Waals surface area contributed by atoms with E-state index in [0.29, 0.717) is 0 Å². The summed E-state index contributed by atoms with van der Waals surface area (Å²) in [6.45, 7) is 3.31. The Hall–Kier alpha value is -0.830. The van der Waals surface area contributed by atoms with Gasteiger partial charge in [-0.25, -0.2) is 4.98 Å². The van der Waals surface area contributed by atoms with E-state index in [-0.39, 0.29) is 6.61 Å². The van der Waals surface area contributed by atoms with Crippen LogP contribution in [0, 0.1) is 0 Å². The number of nitrogens with zero attached hydrogens (tertiary/aromatic N) is 2. The van der Waals surface area contributed by atoms with Gasteiger partial charge in [0, 0.05) is 12.7 Å².